The SMILES string of the molecule is [2H]C([2H])(OCC(O)CN1CCN(CC(=O)Nc2c(C)cccc2C)CC1)C([2H])(O)C([2H])([2H])N1CCN(CC(=O)Nc2c(C)cccc2C)CC1. The van der Waals surface area contributed by atoms with E-state index in [-0.39, 0.29) is 57.6 Å². The fourth-order valence-electron chi connectivity index (χ4n) is 5.66. The molecule has 4 N–H and O–H groups in total. The number of carbonyl (C=O) groups is 2. The van der Waals surface area contributed by atoms with Crippen LogP contribution in [0.4, 0.5) is 11.4 Å². The lowest BCUT2D eigenvalue weighted by Gasteiger charge is -2.35. The lowest BCUT2D eigenvalue weighted by Crippen LogP contribution is -2.51. The number of para-hydroxylation sites is 2. The minimum absolute atomic E-state index is 0.0444. The topological polar surface area (TPSA) is 121 Å². The van der Waals surface area contributed by atoms with E-state index in [1.165, 1.54) is 4.90 Å². The van der Waals surface area contributed by atoms with E-state index < -0.39 is 31.8 Å². The minimum Gasteiger partial charge on any atom is -0.389 e. The number of aryl methyl sites for hydroxylation is 4. The van der Waals surface area contributed by atoms with E-state index in [1.807, 2.05) is 78.8 Å². The molecule has 2 atom stereocenters. The van der Waals surface area contributed by atoms with Gasteiger partial charge in [-0.15, -0.1) is 0 Å². The van der Waals surface area contributed by atoms with Gasteiger partial charge in [-0.3, -0.25) is 29.2 Å². The molecule has 2 amide bonds. The summed E-state index contributed by atoms with van der Waals surface area (Å²) in [6.45, 7) is 4.51. The first-order valence-electron chi connectivity index (χ1n) is 18.1. The summed E-state index contributed by atoms with van der Waals surface area (Å²) >= 11 is 0. The molecule has 2 aliphatic rings. The molecule has 2 aromatic carbocycles. The molecule has 4 rings (SSSR count). The van der Waals surface area contributed by atoms with Crippen LogP contribution in [0.3, 0.4) is 0 Å². The lowest BCUT2D eigenvalue weighted by atomic mass is 10.1. The van der Waals surface area contributed by atoms with Crippen molar-refractivity contribution in [3.05, 3.63) is 58.7 Å². The third-order valence-electron chi connectivity index (χ3n) is 8.24. The van der Waals surface area contributed by atoms with Crippen LogP contribution in [0.5, 0.6) is 0 Å². The first kappa shape index (κ1) is 28.3. The van der Waals surface area contributed by atoms with Gasteiger partial charge >= 0.3 is 0 Å². The Morgan fingerprint density at radius 2 is 1.16 bits per heavy atom. The average Bonchev–Trinajstić information content (AvgIpc) is 3.05. The van der Waals surface area contributed by atoms with E-state index in [2.05, 4.69) is 10.6 Å². The number of hydrogen-bond donors (Lipinski definition) is 4. The highest BCUT2D eigenvalue weighted by molar-refractivity contribution is 5.94. The predicted molar refractivity (Wildman–Crippen MR) is 178 cm³/mol. The molecule has 2 aliphatic heterocycles. The van der Waals surface area contributed by atoms with Gasteiger partial charge in [0.2, 0.25) is 11.8 Å². The molecule has 2 fully saturated rings. The summed E-state index contributed by atoms with van der Waals surface area (Å²) in [7, 11) is 0. The van der Waals surface area contributed by atoms with Crippen LogP contribution in [-0.4, -0.2) is 145 Å². The van der Waals surface area contributed by atoms with E-state index in [0.717, 1.165) is 33.6 Å². The van der Waals surface area contributed by atoms with Crippen molar-refractivity contribution < 1.29 is 31.4 Å². The van der Waals surface area contributed by atoms with Gasteiger partial charge in [-0.2, -0.15) is 0 Å². The first-order chi connectivity index (χ1) is 23.4. The van der Waals surface area contributed by atoms with Gasteiger partial charge in [0.25, 0.3) is 0 Å². The molecule has 0 aliphatic carbocycles. The summed E-state index contributed by atoms with van der Waals surface area (Å²) in [4.78, 5) is 32.4. The van der Waals surface area contributed by atoms with Crippen LogP contribution in [0.25, 0.3) is 0 Å². The van der Waals surface area contributed by atoms with Gasteiger partial charge in [0.15, 0.2) is 0 Å². The van der Waals surface area contributed by atoms with Crippen molar-refractivity contribution in [2.45, 2.75) is 39.9 Å². The normalized spacial score (nSPS) is 21.4. The smallest absolute Gasteiger partial charge is 0.238 e. The molecule has 248 valence electrons. The Hall–Kier alpha value is -2.90. The van der Waals surface area contributed by atoms with Crippen molar-refractivity contribution >= 4 is 23.2 Å². The van der Waals surface area contributed by atoms with Gasteiger partial charge < -0.3 is 25.6 Å². The van der Waals surface area contributed by atoms with E-state index in [0.29, 0.717) is 26.2 Å². The Bertz CT molecular complexity index is 1440. The van der Waals surface area contributed by atoms with Gasteiger partial charge in [-0.1, -0.05) is 36.4 Å². The number of aliphatic hydroxyl groups is 2. The maximum atomic E-state index is 12.7. The van der Waals surface area contributed by atoms with Crippen molar-refractivity contribution in [2.24, 2.45) is 0 Å². The predicted octanol–water partition coefficient (Wildman–Crippen LogP) is 1.47. The summed E-state index contributed by atoms with van der Waals surface area (Å²) in [5.41, 5.74) is 5.46. The summed E-state index contributed by atoms with van der Waals surface area (Å²) in [5, 5.41) is 27.5. The maximum Gasteiger partial charge on any atom is 0.238 e. The largest absolute Gasteiger partial charge is 0.389 e. The monoisotopic (exact) mass is 629 g/mol. The molecule has 2 heterocycles. The highest BCUT2D eigenvalue weighted by Gasteiger charge is 2.23. The highest BCUT2D eigenvalue weighted by Crippen LogP contribution is 2.20. The summed E-state index contributed by atoms with van der Waals surface area (Å²) in [6.07, 6.45) is -4.51. The molecule has 45 heavy (non-hydrogen) atoms. The van der Waals surface area contributed by atoms with Crippen LogP contribution in [0.15, 0.2) is 36.4 Å². The van der Waals surface area contributed by atoms with Crippen molar-refractivity contribution in [1.82, 2.24) is 19.6 Å². The van der Waals surface area contributed by atoms with Crippen LogP contribution >= 0.6 is 0 Å². The number of aliphatic hydroxyl groups excluding tert-OH is 1. The van der Waals surface area contributed by atoms with Crippen molar-refractivity contribution in [1.29, 1.82) is 0 Å². The number of hydrogen-bond acceptors (Lipinski definition) is 9. The Balaban J connectivity index is 1.19. The quantitative estimate of drug-likeness (QED) is 0.246. The molecule has 0 saturated carbocycles. The fourth-order valence-corrected chi connectivity index (χ4v) is 5.66. The number of piperazine rings is 2. The third kappa shape index (κ3) is 11.1. The van der Waals surface area contributed by atoms with E-state index in [1.54, 1.807) is 0 Å². The van der Waals surface area contributed by atoms with Gasteiger partial charge in [-0.05, 0) is 49.9 Å². The second-order valence-corrected chi connectivity index (χ2v) is 12.0. The van der Waals surface area contributed by atoms with Crippen LogP contribution in [0, 0.1) is 27.7 Å². The number of benzene rings is 2. The molecule has 0 bridgehead atoms. The second kappa shape index (κ2) is 17.1. The van der Waals surface area contributed by atoms with Gasteiger partial charge in [0, 0.05) is 79.5 Å². The van der Waals surface area contributed by atoms with E-state index in [9.17, 15) is 19.8 Å². The Morgan fingerprint density at radius 1 is 0.756 bits per heavy atom. The fraction of sp³-hybridized carbons (Fsp3) is 0.588. The molecular formula is C34H52N6O5. The summed E-state index contributed by atoms with van der Waals surface area (Å²) in [6, 6.07) is 11.6. The molecule has 0 aromatic heterocycles. The summed E-state index contributed by atoms with van der Waals surface area (Å²) < 4.78 is 47.3. The molecule has 2 aromatic rings. The van der Waals surface area contributed by atoms with Gasteiger partial charge in [-0.25, -0.2) is 0 Å². The number of carbonyl (C=O) groups excluding carboxylic acids is 2. The van der Waals surface area contributed by atoms with Crippen LogP contribution in [-0.2, 0) is 14.3 Å². The number of ether oxygens (including phenoxy) is 1. The number of nitrogens with one attached hydrogen (secondary N) is 2. The van der Waals surface area contributed by atoms with Crippen molar-refractivity contribution in [2.75, 3.05) is 102 Å². The third-order valence-corrected chi connectivity index (χ3v) is 8.24. The van der Waals surface area contributed by atoms with Crippen molar-refractivity contribution in [3.63, 3.8) is 0 Å². The molecule has 2 unspecified atom stereocenters. The lowest BCUT2D eigenvalue weighted by molar-refractivity contribution is -0.118. The maximum absolute atomic E-state index is 12.7. The standard InChI is InChI=1S/C34H52N6O5/c1-25-7-5-8-26(2)33(25)35-31(43)21-39-15-11-37(12-16-39)19-29(41)23-45-24-30(42)20-38-13-17-40(18-14-38)22-32(44)36-34-27(3)9-6-10-28(34)4/h5-10,29-30,41-42H,11-24H2,1-4H3,(H,35,43)(H,36,44)/i19D2,23D2,29D. The summed E-state index contributed by atoms with van der Waals surface area (Å²) in [5.74, 6) is -0.315. The number of nitrogens with zero attached hydrogens (tertiary/aromatic N) is 4. The Kier molecular flexibility index (Phi) is 10.8. The zero-order chi connectivity index (χ0) is 36.9. The molecule has 2 saturated heterocycles. The van der Waals surface area contributed by atoms with Gasteiger partial charge in [0.05, 0.1) is 42.6 Å². The van der Waals surface area contributed by atoms with Gasteiger partial charge in [0.1, 0.15) is 0 Å². The second-order valence-electron chi connectivity index (χ2n) is 12.0. The Morgan fingerprint density at radius 3 is 1.60 bits per heavy atom. The molecule has 0 radical (unpaired) electrons. The molecular weight excluding hydrogens is 572 g/mol. The number of rotatable bonds is 14. The molecule has 0 spiro atoms. The Labute approximate surface area is 275 Å². The number of amides is 2. The number of β-amino-alcohol motifs (C(OH)–C–C–N with tert-alkyl or cyclic N) is 2. The zero-order valence-electron chi connectivity index (χ0n) is 31.9. The minimum atomic E-state index is -3.34. The van der Waals surface area contributed by atoms with E-state index in [4.69, 9.17) is 11.6 Å². The highest BCUT2D eigenvalue weighted by atomic mass is 16.5. The molecule has 11 heteroatoms. The van der Waals surface area contributed by atoms with E-state index >= 15 is 0 Å². The first-order valence-corrected chi connectivity index (χ1v) is 15.6. The number of anilines is 2. The zero-order valence-corrected chi connectivity index (χ0v) is 26.9. The van der Waals surface area contributed by atoms with Crippen molar-refractivity contribution in [3.8, 4) is 0 Å². The van der Waals surface area contributed by atoms with Crippen LogP contribution < -0.4 is 10.6 Å². The average molecular weight is 630 g/mol. The van der Waals surface area contributed by atoms with Crippen LogP contribution in [0.2, 0.25) is 0 Å². The molecule has 11 nitrogen and oxygen atoms in total. The van der Waals surface area contributed by atoms with Crippen LogP contribution in [0.1, 0.15) is 29.1 Å².